The zero-order valence-electron chi connectivity index (χ0n) is 20.3. The molecule has 188 valence electrons. The van der Waals surface area contributed by atoms with Crippen LogP contribution in [0.5, 0.6) is 0 Å². The van der Waals surface area contributed by atoms with Gasteiger partial charge < -0.3 is 14.8 Å². The molecule has 6 nitrogen and oxygen atoms in total. The summed E-state index contributed by atoms with van der Waals surface area (Å²) in [5.74, 6) is 0.990. The van der Waals surface area contributed by atoms with Crippen molar-refractivity contribution in [2.45, 2.75) is 56.8 Å². The van der Waals surface area contributed by atoms with E-state index in [4.69, 9.17) is 0 Å². The van der Waals surface area contributed by atoms with Crippen LogP contribution in [0.3, 0.4) is 0 Å². The molecule has 36 heavy (non-hydrogen) atoms. The highest BCUT2D eigenvalue weighted by atomic mass is 19.4. The number of amides is 1. The Morgan fingerprint density at radius 1 is 1.17 bits per heavy atom. The number of aryl methyl sites for hydroxylation is 1. The monoisotopic (exact) mass is 495 g/mol. The molecule has 2 aromatic carbocycles. The number of hydrogen-bond donors (Lipinski definition) is 1. The molecule has 2 aliphatic heterocycles. The molecule has 1 unspecified atom stereocenters. The summed E-state index contributed by atoms with van der Waals surface area (Å²) < 4.78 is 44.2. The van der Waals surface area contributed by atoms with E-state index in [0.717, 1.165) is 43.6 Å². The van der Waals surface area contributed by atoms with Gasteiger partial charge in [-0.05, 0) is 79.1 Å². The van der Waals surface area contributed by atoms with Crippen molar-refractivity contribution in [1.29, 1.82) is 0 Å². The average molecular weight is 496 g/mol. The SMILES string of the molecule is CC1CC(c2cccc(N3Cc4c(cc(C5CCCN5)cc4C(F)(F)F)C3=O)c2)(c2nncn2C)C1. The molecular formula is C27H28F3N5O. The lowest BCUT2D eigenvalue weighted by Crippen LogP contribution is -2.43. The summed E-state index contributed by atoms with van der Waals surface area (Å²) in [6, 6.07) is 10.4. The lowest BCUT2D eigenvalue weighted by molar-refractivity contribution is -0.138. The normalized spacial score (nSPS) is 25.8. The third kappa shape index (κ3) is 3.55. The Bertz CT molecular complexity index is 1340. The van der Waals surface area contributed by atoms with Gasteiger partial charge in [0.1, 0.15) is 12.2 Å². The smallest absolute Gasteiger partial charge is 0.320 e. The number of anilines is 1. The van der Waals surface area contributed by atoms with Crippen LogP contribution in [0.1, 0.15) is 77.1 Å². The highest BCUT2D eigenvalue weighted by Crippen LogP contribution is 2.52. The minimum absolute atomic E-state index is 0.0555. The van der Waals surface area contributed by atoms with Crippen LogP contribution < -0.4 is 10.2 Å². The molecule has 6 rings (SSSR count). The van der Waals surface area contributed by atoms with Crippen molar-refractivity contribution >= 4 is 11.6 Å². The lowest BCUT2D eigenvalue weighted by atomic mass is 9.58. The molecule has 1 saturated heterocycles. The Kier molecular flexibility index (Phi) is 5.26. The van der Waals surface area contributed by atoms with Gasteiger partial charge in [-0.25, -0.2) is 0 Å². The van der Waals surface area contributed by atoms with Crippen LogP contribution in [0.15, 0.2) is 42.7 Å². The molecule has 1 atom stereocenters. The first-order chi connectivity index (χ1) is 17.2. The first-order valence-electron chi connectivity index (χ1n) is 12.4. The van der Waals surface area contributed by atoms with Crippen molar-refractivity contribution in [3.8, 4) is 0 Å². The van der Waals surface area contributed by atoms with E-state index in [1.165, 1.54) is 11.0 Å². The number of carbonyl (C=O) groups excluding carboxylic acids is 1. The average Bonchev–Trinajstić information content (AvgIpc) is 3.57. The Labute approximate surface area is 207 Å². The van der Waals surface area contributed by atoms with Gasteiger partial charge in [0.2, 0.25) is 0 Å². The van der Waals surface area contributed by atoms with Gasteiger partial charge in [-0.15, -0.1) is 10.2 Å². The topological polar surface area (TPSA) is 63.1 Å². The van der Waals surface area contributed by atoms with E-state index in [1.807, 2.05) is 29.8 Å². The number of rotatable bonds is 4. The Morgan fingerprint density at radius 2 is 1.97 bits per heavy atom. The Hall–Kier alpha value is -3.20. The van der Waals surface area contributed by atoms with Gasteiger partial charge in [0.25, 0.3) is 5.91 Å². The second-order valence-corrected chi connectivity index (χ2v) is 10.5. The van der Waals surface area contributed by atoms with Gasteiger partial charge in [0.05, 0.1) is 17.5 Å². The van der Waals surface area contributed by atoms with Crippen molar-refractivity contribution in [1.82, 2.24) is 20.1 Å². The van der Waals surface area contributed by atoms with Crippen molar-refractivity contribution < 1.29 is 18.0 Å². The highest BCUT2D eigenvalue weighted by Gasteiger charge is 2.48. The number of fused-ring (bicyclic) bond motifs is 1. The summed E-state index contributed by atoms with van der Waals surface area (Å²) in [7, 11) is 1.92. The van der Waals surface area contributed by atoms with E-state index < -0.39 is 11.7 Å². The standard InChI is InChI=1S/C27H28F3N5O/c1-16-12-26(13-16,25-33-32-15-34(25)2)18-5-3-6-19(11-18)35-14-21-20(24(35)36)9-17(23-7-4-8-31-23)10-22(21)27(28,29)30/h3,5-6,9-11,15-16,23,31H,4,7-8,12-14H2,1-2H3. The molecule has 1 amide bonds. The van der Waals surface area contributed by atoms with Crippen molar-refractivity contribution in [3.63, 3.8) is 0 Å². The molecular weight excluding hydrogens is 467 g/mol. The van der Waals surface area contributed by atoms with E-state index in [0.29, 0.717) is 17.2 Å². The molecule has 1 N–H and O–H groups in total. The van der Waals surface area contributed by atoms with Gasteiger partial charge in [-0.3, -0.25) is 4.79 Å². The third-order valence-corrected chi connectivity index (χ3v) is 8.08. The van der Waals surface area contributed by atoms with Crippen molar-refractivity contribution in [3.05, 3.63) is 76.4 Å². The lowest BCUT2D eigenvalue weighted by Gasteiger charge is -2.46. The number of halogens is 3. The van der Waals surface area contributed by atoms with Crippen molar-refractivity contribution in [2.24, 2.45) is 13.0 Å². The summed E-state index contributed by atoms with van der Waals surface area (Å²) in [6.07, 6.45) is 0.606. The van der Waals surface area contributed by atoms with E-state index in [9.17, 15) is 18.0 Å². The molecule has 1 saturated carbocycles. The van der Waals surface area contributed by atoms with Crippen LogP contribution in [0, 0.1) is 5.92 Å². The number of benzene rings is 2. The highest BCUT2D eigenvalue weighted by molar-refractivity contribution is 6.10. The second-order valence-electron chi connectivity index (χ2n) is 10.5. The number of nitrogens with one attached hydrogen (secondary N) is 1. The number of alkyl halides is 3. The fraction of sp³-hybridized carbons (Fsp3) is 0.444. The van der Waals surface area contributed by atoms with E-state index in [2.05, 4.69) is 22.4 Å². The quantitative estimate of drug-likeness (QED) is 0.545. The van der Waals surface area contributed by atoms with Gasteiger partial charge in [-0.1, -0.05) is 19.1 Å². The molecule has 1 aliphatic carbocycles. The summed E-state index contributed by atoms with van der Waals surface area (Å²) in [5, 5.41) is 11.7. The second kappa shape index (κ2) is 8.16. The first-order valence-corrected chi connectivity index (χ1v) is 12.4. The predicted octanol–water partition coefficient (Wildman–Crippen LogP) is 5.13. The molecule has 3 heterocycles. The molecule has 3 aliphatic rings. The molecule has 0 spiro atoms. The number of carbonyl (C=O) groups is 1. The zero-order valence-corrected chi connectivity index (χ0v) is 20.3. The van der Waals surface area contributed by atoms with E-state index >= 15 is 0 Å². The van der Waals surface area contributed by atoms with Gasteiger partial charge >= 0.3 is 6.18 Å². The van der Waals surface area contributed by atoms with Crippen LogP contribution in [0.2, 0.25) is 0 Å². The Morgan fingerprint density at radius 3 is 2.61 bits per heavy atom. The molecule has 0 bridgehead atoms. The summed E-state index contributed by atoms with van der Waals surface area (Å²) in [4.78, 5) is 15.0. The van der Waals surface area contributed by atoms with Gasteiger partial charge in [-0.2, -0.15) is 13.2 Å². The van der Waals surface area contributed by atoms with Crippen LogP contribution in [0.4, 0.5) is 18.9 Å². The summed E-state index contributed by atoms with van der Waals surface area (Å²) >= 11 is 0. The van der Waals surface area contributed by atoms with Crippen LogP contribution >= 0.6 is 0 Å². The van der Waals surface area contributed by atoms with Crippen LogP contribution in [0.25, 0.3) is 0 Å². The molecule has 0 radical (unpaired) electrons. The van der Waals surface area contributed by atoms with Crippen molar-refractivity contribution in [2.75, 3.05) is 11.4 Å². The first kappa shape index (κ1) is 23.2. The van der Waals surface area contributed by atoms with E-state index in [1.54, 1.807) is 18.5 Å². The maximum Gasteiger partial charge on any atom is 0.416 e. The minimum atomic E-state index is -4.53. The van der Waals surface area contributed by atoms with Gasteiger partial charge in [0, 0.05) is 24.3 Å². The van der Waals surface area contributed by atoms with E-state index in [-0.39, 0.29) is 35.0 Å². The third-order valence-electron chi connectivity index (χ3n) is 8.08. The molecule has 3 aromatic rings. The molecule has 2 fully saturated rings. The number of hydrogen-bond acceptors (Lipinski definition) is 4. The summed E-state index contributed by atoms with van der Waals surface area (Å²) in [6.45, 7) is 2.86. The van der Waals surface area contributed by atoms with Gasteiger partial charge in [0.15, 0.2) is 0 Å². The summed E-state index contributed by atoms with van der Waals surface area (Å²) in [5.41, 5.74) is 1.31. The predicted molar refractivity (Wildman–Crippen MR) is 129 cm³/mol. The number of aromatic nitrogens is 3. The Balaban J connectivity index is 1.40. The minimum Gasteiger partial charge on any atom is -0.320 e. The molecule has 9 heteroatoms. The zero-order chi connectivity index (χ0) is 25.2. The number of nitrogens with zero attached hydrogens (tertiary/aromatic N) is 4. The largest absolute Gasteiger partial charge is 0.416 e. The van der Waals surface area contributed by atoms with Crippen LogP contribution in [-0.4, -0.2) is 27.2 Å². The molecule has 1 aromatic heterocycles. The fourth-order valence-electron chi connectivity index (χ4n) is 6.43. The maximum absolute atomic E-state index is 14.1. The fourth-order valence-corrected chi connectivity index (χ4v) is 6.43. The van der Waals surface area contributed by atoms with Crippen LogP contribution in [-0.2, 0) is 25.2 Å². The maximum atomic E-state index is 14.1.